The monoisotopic (exact) mass is 748 g/mol. The average Bonchev–Trinajstić information content (AvgIpc) is 3.09. The topological polar surface area (TPSA) is 366 Å². The number of rotatable bonds is 12. The van der Waals surface area contributed by atoms with Crippen LogP contribution in [0.3, 0.4) is 0 Å². The molecule has 14 N–H and O–H groups in total. The number of nitrogens with one attached hydrogen (secondary N) is 2. The zero-order valence-electron chi connectivity index (χ0n) is 27.4. The van der Waals surface area contributed by atoms with Gasteiger partial charge in [-0.2, -0.15) is 0 Å². The van der Waals surface area contributed by atoms with Gasteiger partial charge in [-0.05, 0) is 0 Å². The van der Waals surface area contributed by atoms with Gasteiger partial charge in [0, 0.05) is 13.8 Å². The van der Waals surface area contributed by atoms with Crippen LogP contribution in [-0.2, 0) is 42.7 Å². The SMILES string of the molecule is CC(=O)N[C@H]1[C@H](O[C@@H]2[C@@H](OC[C@H]3O[C@@H](O)[C@@H](O)[C@@H](O)[C@@H]3O)O[C@H](CO)[C@@H](O[C@@H]3O[C@H](CO)[C@@H](O)[C@H](O)[C@H]3NC(C)=O)[C@@H]2O)O[C@H](CO)[C@@H](O)[C@@H]1O. The predicted octanol–water partition coefficient (Wildman–Crippen LogP) is -9.46. The summed E-state index contributed by atoms with van der Waals surface area (Å²) in [5, 5.41) is 129. The largest absolute Gasteiger partial charge is 0.394 e. The Morgan fingerprint density at radius 1 is 0.510 bits per heavy atom. The van der Waals surface area contributed by atoms with Crippen LogP contribution >= 0.6 is 0 Å². The number of carbonyl (C=O) groups excluding carboxylic acids is 2. The molecule has 0 spiro atoms. The van der Waals surface area contributed by atoms with Crippen molar-refractivity contribution in [2.75, 3.05) is 26.4 Å². The molecule has 0 unspecified atom stereocenters. The van der Waals surface area contributed by atoms with E-state index in [4.69, 9.17) is 33.2 Å². The van der Waals surface area contributed by atoms with Gasteiger partial charge in [-0.15, -0.1) is 0 Å². The van der Waals surface area contributed by atoms with Gasteiger partial charge in [0.05, 0.1) is 26.4 Å². The summed E-state index contributed by atoms with van der Waals surface area (Å²) in [5.41, 5.74) is 0. The van der Waals surface area contributed by atoms with Crippen molar-refractivity contribution < 1.29 is 104 Å². The van der Waals surface area contributed by atoms with Crippen LogP contribution < -0.4 is 10.6 Å². The molecule has 4 rings (SSSR count). The molecule has 0 aromatic heterocycles. The predicted molar refractivity (Wildman–Crippen MR) is 157 cm³/mol. The van der Waals surface area contributed by atoms with E-state index >= 15 is 0 Å². The molecule has 0 aromatic carbocycles. The lowest BCUT2D eigenvalue weighted by Crippen LogP contribution is -2.69. The minimum absolute atomic E-state index is 0.702. The first kappa shape index (κ1) is 41.9. The number of carbonyl (C=O) groups is 2. The normalized spacial score (nSPS) is 47.8. The van der Waals surface area contributed by atoms with E-state index < -0.39 is 161 Å². The third kappa shape index (κ3) is 9.29. The van der Waals surface area contributed by atoms with Crippen molar-refractivity contribution in [2.24, 2.45) is 0 Å². The second-order valence-electron chi connectivity index (χ2n) is 12.7. The molecule has 0 radical (unpaired) electrons. The van der Waals surface area contributed by atoms with Crippen molar-refractivity contribution in [3.8, 4) is 0 Å². The third-order valence-corrected chi connectivity index (χ3v) is 8.99. The molecule has 0 aliphatic carbocycles. The maximum atomic E-state index is 12.0. The van der Waals surface area contributed by atoms with E-state index in [0.717, 1.165) is 13.8 Å². The zero-order valence-corrected chi connectivity index (χ0v) is 27.4. The molecule has 4 aliphatic rings. The summed E-state index contributed by atoms with van der Waals surface area (Å²) in [6, 6.07) is -3.06. The lowest BCUT2D eigenvalue weighted by molar-refractivity contribution is -0.379. The molecule has 23 heteroatoms. The number of aliphatic hydroxyl groups excluding tert-OH is 12. The van der Waals surface area contributed by atoms with Gasteiger partial charge in [-0.25, -0.2) is 0 Å². The van der Waals surface area contributed by atoms with E-state index in [-0.39, 0.29) is 0 Å². The fourth-order valence-corrected chi connectivity index (χ4v) is 6.23. The molecule has 4 fully saturated rings. The summed E-state index contributed by atoms with van der Waals surface area (Å²) in [6.45, 7) is -1.16. The highest BCUT2D eigenvalue weighted by Gasteiger charge is 2.55. The standard InChI is InChI=1S/C28H48N2O21/c1-7(34)29-13-18(39)15(36)9(3-31)47-26(13)50-23-11(5-33)49-28(45-6-12-17(38)20(41)21(42)25(44)46-12)24(22(23)43)51-27-14(30-8(2)35)19(40)16(37)10(4-32)48-27/h9-28,31-33,36-44H,3-6H2,1-2H3,(H,29,34)(H,30,35)/t9-,10-,11-,12-,13-,14-,15-,16-,17-,18-,19-,20+,21+,22+,23-,24+,25-,26+,27+,28+/m1/s1. The summed E-state index contributed by atoms with van der Waals surface area (Å²) < 4.78 is 39.8. The number of aliphatic hydroxyl groups is 12. The van der Waals surface area contributed by atoms with E-state index in [1.165, 1.54) is 0 Å². The molecule has 4 aliphatic heterocycles. The summed E-state index contributed by atoms with van der Waals surface area (Å²) in [4.78, 5) is 24.0. The summed E-state index contributed by atoms with van der Waals surface area (Å²) in [6.07, 6.45) is -31.5. The number of hydrogen-bond donors (Lipinski definition) is 14. The molecule has 0 bridgehead atoms. The van der Waals surface area contributed by atoms with Gasteiger partial charge in [-0.1, -0.05) is 0 Å². The lowest BCUT2D eigenvalue weighted by Gasteiger charge is -2.49. The van der Waals surface area contributed by atoms with Crippen LogP contribution in [0.2, 0.25) is 0 Å². The molecule has 2 amide bonds. The fourth-order valence-electron chi connectivity index (χ4n) is 6.23. The Bertz CT molecular complexity index is 1140. The second kappa shape index (κ2) is 18.0. The minimum Gasteiger partial charge on any atom is -0.394 e. The number of amides is 2. The molecule has 4 saturated heterocycles. The molecule has 296 valence electrons. The van der Waals surface area contributed by atoms with Crippen LogP contribution in [0.25, 0.3) is 0 Å². The van der Waals surface area contributed by atoms with Gasteiger partial charge >= 0.3 is 0 Å². The molecule has 51 heavy (non-hydrogen) atoms. The quantitative estimate of drug-likeness (QED) is 0.0881. The van der Waals surface area contributed by atoms with Crippen molar-refractivity contribution in [2.45, 2.75) is 137 Å². The van der Waals surface area contributed by atoms with Crippen LogP contribution in [0.4, 0.5) is 0 Å². The van der Waals surface area contributed by atoms with Crippen molar-refractivity contribution in [3.63, 3.8) is 0 Å². The fraction of sp³-hybridized carbons (Fsp3) is 0.929. The summed E-state index contributed by atoms with van der Waals surface area (Å²) in [5.74, 6) is -1.42. The lowest BCUT2D eigenvalue weighted by atomic mass is 9.94. The Morgan fingerprint density at radius 2 is 0.941 bits per heavy atom. The highest BCUT2D eigenvalue weighted by Crippen LogP contribution is 2.34. The van der Waals surface area contributed by atoms with E-state index in [0.29, 0.717) is 0 Å². The van der Waals surface area contributed by atoms with Gasteiger partial charge in [0.15, 0.2) is 25.2 Å². The van der Waals surface area contributed by atoms with Gasteiger partial charge < -0.3 is 105 Å². The highest BCUT2D eigenvalue weighted by atomic mass is 16.8. The molecule has 23 nitrogen and oxygen atoms in total. The maximum Gasteiger partial charge on any atom is 0.217 e. The van der Waals surface area contributed by atoms with E-state index in [1.54, 1.807) is 0 Å². The molecular weight excluding hydrogens is 700 g/mol. The second-order valence-corrected chi connectivity index (χ2v) is 12.7. The van der Waals surface area contributed by atoms with Gasteiger partial charge in [-0.3, -0.25) is 9.59 Å². The van der Waals surface area contributed by atoms with Gasteiger partial charge in [0.25, 0.3) is 0 Å². The first-order chi connectivity index (χ1) is 24.0. The van der Waals surface area contributed by atoms with E-state index in [9.17, 15) is 70.9 Å². The van der Waals surface area contributed by atoms with E-state index in [2.05, 4.69) is 10.6 Å². The minimum atomic E-state index is -2.01. The van der Waals surface area contributed by atoms with E-state index in [1.807, 2.05) is 0 Å². The van der Waals surface area contributed by atoms with Crippen LogP contribution in [0, 0.1) is 0 Å². The molecule has 0 aromatic rings. The first-order valence-electron chi connectivity index (χ1n) is 16.1. The Morgan fingerprint density at radius 3 is 1.39 bits per heavy atom. The Balaban J connectivity index is 1.66. The first-order valence-corrected chi connectivity index (χ1v) is 16.1. The van der Waals surface area contributed by atoms with Crippen molar-refractivity contribution >= 4 is 11.8 Å². The average molecular weight is 749 g/mol. The molecule has 4 heterocycles. The Hall–Kier alpha value is -1.82. The van der Waals surface area contributed by atoms with Crippen LogP contribution in [0.1, 0.15) is 13.8 Å². The Labute approximate surface area is 289 Å². The number of hydrogen-bond acceptors (Lipinski definition) is 21. The van der Waals surface area contributed by atoms with Crippen LogP contribution in [0.5, 0.6) is 0 Å². The van der Waals surface area contributed by atoms with Crippen molar-refractivity contribution in [1.29, 1.82) is 0 Å². The Kier molecular flexibility index (Phi) is 14.8. The van der Waals surface area contributed by atoms with Crippen LogP contribution in [0.15, 0.2) is 0 Å². The summed E-state index contributed by atoms with van der Waals surface area (Å²) in [7, 11) is 0. The maximum absolute atomic E-state index is 12.0. The molecule has 20 atom stereocenters. The number of ether oxygens (including phenoxy) is 7. The van der Waals surface area contributed by atoms with Crippen LogP contribution in [-0.4, -0.2) is 222 Å². The third-order valence-electron chi connectivity index (χ3n) is 8.99. The smallest absolute Gasteiger partial charge is 0.217 e. The summed E-state index contributed by atoms with van der Waals surface area (Å²) >= 11 is 0. The zero-order chi connectivity index (χ0) is 37.9. The van der Waals surface area contributed by atoms with Gasteiger partial charge in [0.2, 0.25) is 11.8 Å². The molecule has 0 saturated carbocycles. The van der Waals surface area contributed by atoms with Crippen molar-refractivity contribution in [3.05, 3.63) is 0 Å². The van der Waals surface area contributed by atoms with Crippen molar-refractivity contribution in [1.82, 2.24) is 10.6 Å². The van der Waals surface area contributed by atoms with Gasteiger partial charge in [0.1, 0.15) is 97.5 Å². The highest BCUT2D eigenvalue weighted by molar-refractivity contribution is 5.73. The molecular formula is C28H48N2O21.